The highest BCUT2D eigenvalue weighted by molar-refractivity contribution is 6.31. The number of carbonyl (C=O) groups is 1. The average molecular weight is 331 g/mol. The molecule has 1 aliphatic rings. The highest BCUT2D eigenvalue weighted by Gasteiger charge is 2.31. The van der Waals surface area contributed by atoms with Crippen molar-refractivity contribution >= 4 is 23.2 Å². The smallest absolute Gasteiger partial charge is 0.224 e. The zero-order valence-electron chi connectivity index (χ0n) is 13.0. The van der Waals surface area contributed by atoms with Crippen molar-refractivity contribution in [2.45, 2.75) is 25.6 Å². The molecule has 0 radical (unpaired) electrons. The van der Waals surface area contributed by atoms with Gasteiger partial charge >= 0.3 is 0 Å². The van der Waals surface area contributed by atoms with E-state index in [1.54, 1.807) is 7.11 Å². The third-order valence-corrected chi connectivity index (χ3v) is 4.42. The molecule has 0 aliphatic carbocycles. The Morgan fingerprint density at radius 2 is 1.96 bits per heavy atom. The molecule has 0 unspecified atom stereocenters. The van der Waals surface area contributed by atoms with Crippen molar-refractivity contribution in [2.24, 2.45) is 0 Å². The molecule has 1 amide bonds. The Hall–Kier alpha value is -2.20. The average Bonchev–Trinajstić information content (AvgIpc) is 2.91. The standard InChI is InChI=1S/C18H19ClN2O2/c1-23-15-8-6-14(7-9-15)20-17-10-11-18(22)21(17)12-13-4-2-3-5-16(13)19/h2-9,17,20H,10-12H2,1H3/t17-/m1/s1. The molecule has 4 nitrogen and oxygen atoms in total. The summed E-state index contributed by atoms with van der Waals surface area (Å²) in [4.78, 5) is 14.1. The highest BCUT2D eigenvalue weighted by Crippen LogP contribution is 2.26. The molecule has 23 heavy (non-hydrogen) atoms. The summed E-state index contributed by atoms with van der Waals surface area (Å²) in [7, 11) is 1.64. The lowest BCUT2D eigenvalue weighted by Gasteiger charge is -2.27. The summed E-state index contributed by atoms with van der Waals surface area (Å²) in [5, 5.41) is 4.11. The Labute approximate surface area is 141 Å². The molecule has 1 fully saturated rings. The van der Waals surface area contributed by atoms with Crippen LogP contribution in [0.5, 0.6) is 5.75 Å². The van der Waals surface area contributed by atoms with Gasteiger partial charge in [-0.15, -0.1) is 0 Å². The molecular weight excluding hydrogens is 312 g/mol. The number of likely N-dealkylation sites (tertiary alicyclic amines) is 1. The summed E-state index contributed by atoms with van der Waals surface area (Å²) < 4.78 is 5.16. The van der Waals surface area contributed by atoms with Gasteiger partial charge in [0.05, 0.1) is 7.11 Å². The highest BCUT2D eigenvalue weighted by atomic mass is 35.5. The Morgan fingerprint density at radius 3 is 2.65 bits per heavy atom. The molecule has 5 heteroatoms. The molecule has 1 heterocycles. The number of carbonyl (C=O) groups excluding carboxylic acids is 1. The number of nitrogens with zero attached hydrogens (tertiary/aromatic N) is 1. The molecule has 1 N–H and O–H groups in total. The monoisotopic (exact) mass is 330 g/mol. The van der Waals surface area contributed by atoms with E-state index < -0.39 is 0 Å². The number of anilines is 1. The summed E-state index contributed by atoms with van der Waals surface area (Å²) in [5.74, 6) is 0.960. The normalized spacial score (nSPS) is 17.4. The fourth-order valence-electron chi connectivity index (χ4n) is 2.77. The topological polar surface area (TPSA) is 41.6 Å². The van der Waals surface area contributed by atoms with Crippen LogP contribution < -0.4 is 10.1 Å². The van der Waals surface area contributed by atoms with Gasteiger partial charge in [0.15, 0.2) is 0 Å². The predicted molar refractivity (Wildman–Crippen MR) is 91.6 cm³/mol. The molecule has 0 saturated carbocycles. The SMILES string of the molecule is COc1ccc(N[C@H]2CCC(=O)N2Cc2ccccc2Cl)cc1. The summed E-state index contributed by atoms with van der Waals surface area (Å²) in [6, 6.07) is 15.3. The summed E-state index contributed by atoms with van der Waals surface area (Å²) in [6.07, 6.45) is 1.32. The van der Waals surface area contributed by atoms with Gasteiger partial charge in [-0.25, -0.2) is 0 Å². The van der Waals surface area contributed by atoms with E-state index in [1.807, 2.05) is 53.4 Å². The fourth-order valence-corrected chi connectivity index (χ4v) is 2.97. The largest absolute Gasteiger partial charge is 0.497 e. The fraction of sp³-hybridized carbons (Fsp3) is 0.278. The minimum Gasteiger partial charge on any atom is -0.497 e. The van der Waals surface area contributed by atoms with Crippen molar-refractivity contribution in [3.63, 3.8) is 0 Å². The Bertz CT molecular complexity index is 688. The van der Waals surface area contributed by atoms with Crippen LogP contribution in [0.4, 0.5) is 5.69 Å². The summed E-state index contributed by atoms with van der Waals surface area (Å²) in [5.41, 5.74) is 1.93. The molecule has 1 saturated heterocycles. The summed E-state index contributed by atoms with van der Waals surface area (Å²) in [6.45, 7) is 0.520. The lowest BCUT2D eigenvalue weighted by molar-refractivity contribution is -0.129. The number of nitrogens with one attached hydrogen (secondary N) is 1. The van der Waals surface area contributed by atoms with Crippen LogP contribution in [0.2, 0.25) is 5.02 Å². The van der Waals surface area contributed by atoms with Crippen LogP contribution in [0.3, 0.4) is 0 Å². The van der Waals surface area contributed by atoms with Crippen LogP contribution in [0.1, 0.15) is 18.4 Å². The maximum atomic E-state index is 12.2. The molecule has 2 aromatic rings. The van der Waals surface area contributed by atoms with Gasteiger partial charge in [-0.3, -0.25) is 4.79 Å². The van der Waals surface area contributed by atoms with E-state index in [0.717, 1.165) is 23.4 Å². The number of ether oxygens (including phenoxy) is 1. The van der Waals surface area contributed by atoms with Gasteiger partial charge in [-0.1, -0.05) is 29.8 Å². The minimum atomic E-state index is -0.0211. The number of rotatable bonds is 5. The first-order valence-electron chi connectivity index (χ1n) is 7.61. The van der Waals surface area contributed by atoms with Gasteiger partial charge in [0.1, 0.15) is 11.9 Å². The van der Waals surface area contributed by atoms with Crippen LogP contribution >= 0.6 is 11.6 Å². The maximum absolute atomic E-state index is 12.2. The van der Waals surface area contributed by atoms with Crippen molar-refractivity contribution in [2.75, 3.05) is 12.4 Å². The molecule has 3 rings (SSSR count). The molecule has 0 spiro atoms. The quantitative estimate of drug-likeness (QED) is 0.903. The lowest BCUT2D eigenvalue weighted by atomic mass is 10.2. The summed E-state index contributed by atoms with van der Waals surface area (Å²) >= 11 is 6.22. The van der Waals surface area contributed by atoms with E-state index in [4.69, 9.17) is 16.3 Å². The van der Waals surface area contributed by atoms with Crippen LogP contribution in [-0.2, 0) is 11.3 Å². The van der Waals surface area contributed by atoms with Gasteiger partial charge in [0.25, 0.3) is 0 Å². The lowest BCUT2D eigenvalue weighted by Crippen LogP contribution is -2.37. The van der Waals surface area contributed by atoms with Crippen LogP contribution in [0.25, 0.3) is 0 Å². The third-order valence-electron chi connectivity index (χ3n) is 4.05. The molecule has 1 atom stereocenters. The third kappa shape index (κ3) is 3.59. The Balaban J connectivity index is 1.73. The number of amides is 1. The van der Waals surface area contributed by atoms with Gasteiger partial charge in [-0.2, -0.15) is 0 Å². The second-order valence-corrected chi connectivity index (χ2v) is 5.95. The van der Waals surface area contributed by atoms with Crippen molar-refractivity contribution in [1.82, 2.24) is 4.90 Å². The first-order chi connectivity index (χ1) is 11.2. The number of hydrogen-bond acceptors (Lipinski definition) is 3. The van der Waals surface area contributed by atoms with E-state index in [-0.39, 0.29) is 12.1 Å². The van der Waals surface area contributed by atoms with Gasteiger partial charge < -0.3 is 15.0 Å². The second-order valence-electron chi connectivity index (χ2n) is 5.54. The maximum Gasteiger partial charge on any atom is 0.224 e. The number of halogens is 1. The van der Waals surface area contributed by atoms with Crippen molar-refractivity contribution < 1.29 is 9.53 Å². The van der Waals surface area contributed by atoms with Crippen molar-refractivity contribution in [3.05, 3.63) is 59.1 Å². The van der Waals surface area contributed by atoms with Gasteiger partial charge in [0, 0.05) is 23.7 Å². The second kappa shape index (κ2) is 6.92. The Kier molecular flexibility index (Phi) is 4.72. The minimum absolute atomic E-state index is 0.0211. The molecular formula is C18H19ClN2O2. The van der Waals surface area contributed by atoms with E-state index in [9.17, 15) is 4.79 Å². The van der Waals surface area contributed by atoms with Crippen molar-refractivity contribution in [3.8, 4) is 5.75 Å². The molecule has 1 aliphatic heterocycles. The zero-order valence-corrected chi connectivity index (χ0v) is 13.7. The molecule has 2 aromatic carbocycles. The van der Waals surface area contributed by atoms with Crippen LogP contribution in [0, 0.1) is 0 Å². The zero-order chi connectivity index (χ0) is 16.2. The number of methoxy groups -OCH3 is 1. The van der Waals surface area contributed by atoms with Crippen molar-refractivity contribution in [1.29, 1.82) is 0 Å². The molecule has 120 valence electrons. The van der Waals surface area contributed by atoms with E-state index in [0.29, 0.717) is 18.0 Å². The number of benzene rings is 2. The predicted octanol–water partition coefficient (Wildman–Crippen LogP) is 3.91. The van der Waals surface area contributed by atoms with Gasteiger partial charge in [0.2, 0.25) is 5.91 Å². The van der Waals surface area contributed by atoms with Gasteiger partial charge in [-0.05, 0) is 42.3 Å². The van der Waals surface area contributed by atoms with E-state index in [1.165, 1.54) is 0 Å². The Morgan fingerprint density at radius 1 is 1.22 bits per heavy atom. The molecule has 0 bridgehead atoms. The number of hydrogen-bond donors (Lipinski definition) is 1. The van der Waals surface area contributed by atoms with E-state index >= 15 is 0 Å². The first kappa shape index (κ1) is 15.7. The molecule has 0 aromatic heterocycles. The van der Waals surface area contributed by atoms with E-state index in [2.05, 4.69) is 5.32 Å². The van der Waals surface area contributed by atoms with Crippen LogP contribution in [-0.4, -0.2) is 24.1 Å². The first-order valence-corrected chi connectivity index (χ1v) is 7.98. The van der Waals surface area contributed by atoms with Crippen LogP contribution in [0.15, 0.2) is 48.5 Å².